The molecule has 19 nitrogen and oxygen atoms in total. The zero-order valence-corrected chi connectivity index (χ0v) is 36.1. The highest BCUT2D eigenvalue weighted by Crippen LogP contribution is 2.35. The van der Waals surface area contributed by atoms with Crippen LogP contribution in [0, 0.1) is 5.41 Å². The minimum Gasteiger partial charge on any atom is -0.458 e. The molecule has 0 aromatic rings. The van der Waals surface area contributed by atoms with Gasteiger partial charge in [-0.15, -0.1) is 5.06 Å². The van der Waals surface area contributed by atoms with Crippen molar-refractivity contribution in [2.45, 2.75) is 161 Å². The molecule has 19 heteroatoms. The number of unbranched alkanes of at least 4 members (excludes halogenated alkanes) is 8. The van der Waals surface area contributed by atoms with Gasteiger partial charge in [0.1, 0.15) is 6.10 Å². The van der Waals surface area contributed by atoms with Crippen molar-refractivity contribution < 1.29 is 63.1 Å². The van der Waals surface area contributed by atoms with Crippen LogP contribution in [0.1, 0.15) is 155 Å². The Morgan fingerprint density at radius 3 is 1.75 bits per heavy atom. The predicted molar refractivity (Wildman–Crippen MR) is 218 cm³/mol. The Kier molecular flexibility index (Phi) is 25.1. The van der Waals surface area contributed by atoms with Crippen molar-refractivity contribution >= 4 is 53.3 Å². The average Bonchev–Trinajstić information content (AvgIpc) is 3.54. The lowest BCUT2D eigenvalue weighted by atomic mass is 9.79. The van der Waals surface area contributed by atoms with E-state index in [4.69, 9.17) is 9.57 Å². The van der Waals surface area contributed by atoms with Crippen LogP contribution in [0.15, 0.2) is 12.2 Å². The van der Waals surface area contributed by atoms with Gasteiger partial charge in [-0.05, 0) is 90.0 Å². The molecule has 5 N–H and O–H groups in total. The molecule has 0 aromatic heterocycles. The van der Waals surface area contributed by atoms with Gasteiger partial charge in [-0.25, -0.2) is 14.9 Å². The number of carbonyl (C=O) groups is 9. The zero-order valence-electron chi connectivity index (χ0n) is 36.1. The molecule has 0 spiro atoms. The molecule has 1 saturated heterocycles. The first-order valence-corrected chi connectivity index (χ1v) is 21.8. The van der Waals surface area contributed by atoms with Crippen molar-refractivity contribution in [2.75, 3.05) is 32.7 Å². The van der Waals surface area contributed by atoms with E-state index in [0.29, 0.717) is 99.0 Å². The number of allylic oxidation sites excluding steroid dienone is 1. The number of carbonyl (C=O) groups excluding carboxylic acids is 9. The number of rotatable bonds is 29. The van der Waals surface area contributed by atoms with E-state index in [9.17, 15) is 53.6 Å². The number of amides is 7. The monoisotopic (exact) mass is 864 g/mol. The average molecular weight is 865 g/mol. The van der Waals surface area contributed by atoms with Crippen LogP contribution in [0.4, 0.5) is 0 Å². The summed E-state index contributed by atoms with van der Waals surface area (Å²) >= 11 is 0. The highest BCUT2D eigenvalue weighted by Gasteiger charge is 2.41. The largest absolute Gasteiger partial charge is 0.458 e. The van der Waals surface area contributed by atoms with Crippen LogP contribution in [0.5, 0.6) is 0 Å². The summed E-state index contributed by atoms with van der Waals surface area (Å²) in [6.07, 6.45) is 12.8. The van der Waals surface area contributed by atoms with Crippen LogP contribution >= 0.6 is 0 Å². The van der Waals surface area contributed by atoms with Crippen molar-refractivity contribution in [2.24, 2.45) is 5.41 Å². The fraction of sp³-hybridized carbons (Fsp3) is 0.738. The molecule has 0 radical (unpaired) electrons. The van der Waals surface area contributed by atoms with Crippen LogP contribution in [0.25, 0.3) is 0 Å². The normalized spacial score (nSPS) is 18.0. The van der Waals surface area contributed by atoms with Crippen molar-refractivity contribution in [3.63, 3.8) is 0 Å². The number of hydrogen-bond acceptors (Lipinski definition) is 13. The highest BCUT2D eigenvalue weighted by atomic mass is 16.7. The Morgan fingerprint density at radius 2 is 1.18 bits per heavy atom. The van der Waals surface area contributed by atoms with E-state index < -0.39 is 41.1 Å². The quantitative estimate of drug-likeness (QED) is 0.0180. The first-order chi connectivity index (χ1) is 29.1. The maximum atomic E-state index is 12.9. The summed E-state index contributed by atoms with van der Waals surface area (Å²) in [5.74, 6) is -3.76. The Hall–Kier alpha value is -4.91. The second-order valence-corrected chi connectivity index (χ2v) is 15.9. The van der Waals surface area contributed by atoms with E-state index in [-0.39, 0.29) is 81.7 Å². The summed E-state index contributed by atoms with van der Waals surface area (Å²) in [7, 11) is 0. The molecule has 0 aromatic carbocycles. The molecule has 7 amide bonds. The van der Waals surface area contributed by atoms with E-state index in [1.807, 2.05) is 12.2 Å². The zero-order chi connectivity index (χ0) is 45.0. The number of nitrogens with zero attached hydrogens (tertiary/aromatic N) is 3. The van der Waals surface area contributed by atoms with Crippen molar-refractivity contribution in [1.29, 1.82) is 0 Å². The van der Waals surface area contributed by atoms with Gasteiger partial charge in [0.15, 0.2) is 0 Å². The molecule has 61 heavy (non-hydrogen) atoms. The van der Waals surface area contributed by atoms with Crippen molar-refractivity contribution in [3.05, 3.63) is 12.2 Å². The Balaban J connectivity index is 1.43. The minimum absolute atomic E-state index is 0.0176. The van der Waals surface area contributed by atoms with Crippen molar-refractivity contribution in [3.8, 4) is 0 Å². The Labute approximate surface area is 358 Å². The molecule has 0 saturated carbocycles. The minimum atomic E-state index is -0.949. The number of hydrogen-bond donors (Lipinski definition) is 5. The molecule has 344 valence electrons. The second-order valence-electron chi connectivity index (χ2n) is 15.9. The molecule has 0 bridgehead atoms. The Morgan fingerprint density at radius 1 is 0.689 bits per heavy atom. The van der Waals surface area contributed by atoms with Gasteiger partial charge in [0, 0.05) is 84.6 Å². The number of imide groups is 1. The molecule has 1 heterocycles. The van der Waals surface area contributed by atoms with E-state index >= 15 is 0 Å². The summed E-state index contributed by atoms with van der Waals surface area (Å²) in [5, 5.41) is 29.5. The maximum absolute atomic E-state index is 12.9. The van der Waals surface area contributed by atoms with Crippen LogP contribution in [0.2, 0.25) is 0 Å². The van der Waals surface area contributed by atoms with Crippen LogP contribution < -0.4 is 16.0 Å². The van der Waals surface area contributed by atoms with Gasteiger partial charge in [0.25, 0.3) is 11.8 Å². The molecule has 1 aliphatic carbocycles. The smallest absolute Gasteiger partial charge is 0.339 e. The predicted octanol–water partition coefficient (Wildman–Crippen LogP) is 3.69. The van der Waals surface area contributed by atoms with Crippen LogP contribution in [-0.4, -0.2) is 118 Å². The van der Waals surface area contributed by atoms with Gasteiger partial charge in [0.05, 0.1) is 5.41 Å². The van der Waals surface area contributed by atoms with Gasteiger partial charge >= 0.3 is 11.9 Å². The molecule has 2 rings (SSSR count). The van der Waals surface area contributed by atoms with E-state index in [1.165, 1.54) is 6.92 Å². The third-order valence-corrected chi connectivity index (χ3v) is 10.6. The summed E-state index contributed by atoms with van der Waals surface area (Å²) in [5.41, 5.74) is -0.949. The van der Waals surface area contributed by atoms with Gasteiger partial charge < -0.3 is 25.5 Å². The maximum Gasteiger partial charge on any atom is 0.339 e. The molecular formula is C42H68N6O13. The first kappa shape index (κ1) is 52.2. The SMILES string of the molecule is CC(=O)N(O)CCCCCNC(=O)CCC(=O)NCCCCCNC(=O)CCC(=O)N(O)CCCCCCCC(=O)O[C@@H]1/C=C/CC[C@](C)(C(=O)ON2C(=O)CCC2=O)CC1. The number of nitrogens with one attached hydrogen (secondary N) is 3. The Bertz CT molecular complexity index is 1490. The molecule has 0 unspecified atom stereocenters. The number of ether oxygens (including phenoxy) is 1. The van der Waals surface area contributed by atoms with Gasteiger partial charge in [-0.3, -0.25) is 48.8 Å². The van der Waals surface area contributed by atoms with Gasteiger partial charge in [-0.1, -0.05) is 25.3 Å². The van der Waals surface area contributed by atoms with Crippen molar-refractivity contribution in [1.82, 2.24) is 31.1 Å². The van der Waals surface area contributed by atoms with Gasteiger partial charge in [-0.2, -0.15) is 0 Å². The lowest BCUT2D eigenvalue weighted by Crippen LogP contribution is -2.39. The number of hydroxylamine groups is 6. The molecular weight excluding hydrogens is 796 g/mol. The van der Waals surface area contributed by atoms with E-state index in [0.717, 1.165) is 32.1 Å². The third kappa shape index (κ3) is 22.5. The number of esters is 1. The van der Waals surface area contributed by atoms with E-state index in [1.54, 1.807) is 6.92 Å². The summed E-state index contributed by atoms with van der Waals surface area (Å²) in [4.78, 5) is 114. The van der Waals surface area contributed by atoms with Crippen LogP contribution in [-0.2, 0) is 52.7 Å². The molecule has 1 fully saturated rings. The van der Waals surface area contributed by atoms with E-state index in [2.05, 4.69) is 16.0 Å². The molecule has 2 atom stereocenters. The highest BCUT2D eigenvalue weighted by molar-refractivity contribution is 6.01. The fourth-order valence-corrected chi connectivity index (χ4v) is 6.57. The molecule has 1 aliphatic heterocycles. The topological polar surface area (TPSA) is 258 Å². The lowest BCUT2D eigenvalue weighted by Gasteiger charge is -2.30. The fourth-order valence-electron chi connectivity index (χ4n) is 6.57. The summed E-state index contributed by atoms with van der Waals surface area (Å²) < 4.78 is 5.64. The standard InChI is InChI=1S/C42H68N6O13/c1-32(49)46(58)30-15-7-13-29-44-35(51)19-18-34(50)43-27-11-6-12-28-45-36(52)20-21-37(53)47(59)31-14-5-3-4-8-17-40(56)60-33-16-9-10-25-42(2,26-24-33)41(57)61-48-38(54)22-23-39(48)55/h9,16,33,58-59H,3-8,10-15,17-31H2,1-2H3,(H,43,50)(H,44,51)(H,45,52)/b16-9+/t33-,42+/m1/s1. The molecule has 2 aliphatic rings. The van der Waals surface area contributed by atoms with Crippen LogP contribution in [0.3, 0.4) is 0 Å². The third-order valence-electron chi connectivity index (χ3n) is 10.6. The lowest BCUT2D eigenvalue weighted by molar-refractivity contribution is -0.205. The first-order valence-electron chi connectivity index (χ1n) is 21.8. The summed E-state index contributed by atoms with van der Waals surface area (Å²) in [6, 6.07) is 0. The van der Waals surface area contributed by atoms with Gasteiger partial charge in [0.2, 0.25) is 29.5 Å². The summed E-state index contributed by atoms with van der Waals surface area (Å²) in [6.45, 7) is 4.70. The second kappa shape index (κ2) is 29.4.